The third-order valence-corrected chi connectivity index (χ3v) is 7.55. The molecule has 32 heavy (non-hydrogen) atoms. The first-order chi connectivity index (χ1) is 15.3. The van der Waals surface area contributed by atoms with Gasteiger partial charge in [0.25, 0.3) is 5.91 Å². The van der Waals surface area contributed by atoms with Crippen molar-refractivity contribution in [1.82, 2.24) is 9.62 Å². The molecule has 0 radical (unpaired) electrons. The molecule has 0 bridgehead atoms. The second-order valence-electron chi connectivity index (χ2n) is 8.16. The fourth-order valence-electron chi connectivity index (χ4n) is 3.78. The van der Waals surface area contributed by atoms with Crippen molar-refractivity contribution in [3.05, 3.63) is 59.7 Å². The number of carbonyl (C=O) groups is 2. The van der Waals surface area contributed by atoms with Crippen LogP contribution in [0.25, 0.3) is 0 Å². The van der Waals surface area contributed by atoms with E-state index >= 15 is 0 Å². The molecule has 3 rings (SSSR count). The summed E-state index contributed by atoms with van der Waals surface area (Å²) < 4.78 is 27.3. The monoisotopic (exact) mass is 457 g/mol. The number of piperidine rings is 1. The molecule has 2 amide bonds. The minimum Gasteiger partial charge on any atom is -0.349 e. The van der Waals surface area contributed by atoms with Gasteiger partial charge in [0.15, 0.2) is 0 Å². The van der Waals surface area contributed by atoms with Gasteiger partial charge in [-0.1, -0.05) is 25.5 Å². The van der Waals surface area contributed by atoms with Gasteiger partial charge in [-0.25, -0.2) is 8.42 Å². The lowest BCUT2D eigenvalue weighted by molar-refractivity contribution is -0.114. The van der Waals surface area contributed by atoms with Crippen LogP contribution in [0.5, 0.6) is 0 Å². The first-order valence-corrected chi connectivity index (χ1v) is 12.5. The molecule has 2 aromatic rings. The van der Waals surface area contributed by atoms with Crippen LogP contribution in [0, 0.1) is 0 Å². The Hall–Kier alpha value is -2.71. The molecule has 0 spiro atoms. The molecule has 0 saturated carbocycles. The molecule has 2 aromatic carbocycles. The number of hydrogen-bond donors (Lipinski definition) is 2. The van der Waals surface area contributed by atoms with E-state index in [1.807, 2.05) is 24.3 Å². The second-order valence-corrected chi connectivity index (χ2v) is 10.1. The van der Waals surface area contributed by atoms with Gasteiger partial charge in [0.1, 0.15) is 0 Å². The Morgan fingerprint density at radius 1 is 1.00 bits per heavy atom. The van der Waals surface area contributed by atoms with Crippen molar-refractivity contribution in [2.45, 2.75) is 56.9 Å². The van der Waals surface area contributed by atoms with Crippen LogP contribution in [-0.4, -0.2) is 43.7 Å². The quantitative estimate of drug-likeness (QED) is 0.633. The Kier molecular flexibility index (Phi) is 8.04. The molecule has 172 valence electrons. The molecule has 0 aliphatic carbocycles. The first kappa shape index (κ1) is 23.9. The van der Waals surface area contributed by atoms with Crippen LogP contribution in [-0.2, 0) is 21.2 Å². The van der Waals surface area contributed by atoms with Crippen LogP contribution in [0.4, 0.5) is 5.69 Å². The SMILES string of the molecule is CCCCc1ccc(C(=O)NC2CCN(S(=O)(=O)c3ccc(NC(C)=O)cc3)CC2)cc1. The third kappa shape index (κ3) is 6.17. The Morgan fingerprint density at radius 3 is 2.19 bits per heavy atom. The Labute approximate surface area is 190 Å². The molecule has 1 heterocycles. The van der Waals surface area contributed by atoms with Gasteiger partial charge in [0.2, 0.25) is 15.9 Å². The second kappa shape index (κ2) is 10.7. The summed E-state index contributed by atoms with van der Waals surface area (Å²) in [7, 11) is -3.62. The molecular formula is C24H31N3O4S. The zero-order valence-electron chi connectivity index (χ0n) is 18.6. The minimum atomic E-state index is -3.62. The largest absolute Gasteiger partial charge is 0.349 e. The van der Waals surface area contributed by atoms with Crippen LogP contribution in [0.15, 0.2) is 53.4 Å². The summed E-state index contributed by atoms with van der Waals surface area (Å²) >= 11 is 0. The van der Waals surface area contributed by atoms with E-state index in [0.29, 0.717) is 37.2 Å². The van der Waals surface area contributed by atoms with Crippen molar-refractivity contribution in [3.8, 4) is 0 Å². The summed E-state index contributed by atoms with van der Waals surface area (Å²) in [5.74, 6) is -0.334. The van der Waals surface area contributed by atoms with Crippen molar-refractivity contribution in [1.29, 1.82) is 0 Å². The maximum absolute atomic E-state index is 12.9. The number of unbranched alkanes of at least 4 members (excludes halogenated alkanes) is 1. The smallest absolute Gasteiger partial charge is 0.251 e. The van der Waals surface area contributed by atoms with Gasteiger partial charge in [-0.3, -0.25) is 9.59 Å². The highest BCUT2D eigenvalue weighted by Crippen LogP contribution is 2.22. The number of sulfonamides is 1. The Bertz CT molecular complexity index is 1030. The lowest BCUT2D eigenvalue weighted by atomic mass is 10.0. The molecule has 2 N–H and O–H groups in total. The predicted octanol–water partition coefficient (Wildman–Crippen LogP) is 3.57. The number of carbonyl (C=O) groups excluding carboxylic acids is 2. The fraction of sp³-hybridized carbons (Fsp3) is 0.417. The van der Waals surface area contributed by atoms with Crippen LogP contribution in [0.2, 0.25) is 0 Å². The summed E-state index contributed by atoms with van der Waals surface area (Å²) in [4.78, 5) is 23.9. The average Bonchev–Trinajstić information content (AvgIpc) is 2.78. The zero-order chi connectivity index (χ0) is 23.1. The molecule has 1 aliphatic heterocycles. The van der Waals surface area contributed by atoms with E-state index in [0.717, 1.165) is 19.3 Å². The molecule has 8 heteroatoms. The van der Waals surface area contributed by atoms with Gasteiger partial charge < -0.3 is 10.6 Å². The Balaban J connectivity index is 1.53. The molecule has 0 unspecified atom stereocenters. The van der Waals surface area contributed by atoms with Crippen molar-refractivity contribution in [3.63, 3.8) is 0 Å². The number of amides is 2. The number of rotatable bonds is 8. The molecule has 1 aliphatic rings. The molecule has 0 atom stereocenters. The minimum absolute atomic E-state index is 0.0594. The van der Waals surface area contributed by atoms with Gasteiger partial charge in [0, 0.05) is 37.3 Å². The van der Waals surface area contributed by atoms with Crippen molar-refractivity contribution < 1.29 is 18.0 Å². The molecule has 1 fully saturated rings. The fourth-order valence-corrected chi connectivity index (χ4v) is 5.25. The van der Waals surface area contributed by atoms with Crippen LogP contribution in [0.3, 0.4) is 0 Å². The van der Waals surface area contributed by atoms with E-state index in [4.69, 9.17) is 0 Å². The normalized spacial score (nSPS) is 15.3. The zero-order valence-corrected chi connectivity index (χ0v) is 19.5. The van der Waals surface area contributed by atoms with E-state index in [-0.39, 0.29) is 22.8 Å². The van der Waals surface area contributed by atoms with Crippen LogP contribution in [0.1, 0.15) is 55.5 Å². The Morgan fingerprint density at radius 2 is 1.62 bits per heavy atom. The van der Waals surface area contributed by atoms with Crippen LogP contribution < -0.4 is 10.6 Å². The van der Waals surface area contributed by atoms with Crippen molar-refractivity contribution in [2.75, 3.05) is 18.4 Å². The molecule has 7 nitrogen and oxygen atoms in total. The average molecular weight is 458 g/mol. The molecule has 1 saturated heterocycles. The lowest BCUT2D eigenvalue weighted by Gasteiger charge is -2.31. The van der Waals surface area contributed by atoms with Gasteiger partial charge in [0.05, 0.1) is 4.90 Å². The molecule has 0 aromatic heterocycles. The van der Waals surface area contributed by atoms with Gasteiger partial charge in [-0.2, -0.15) is 4.31 Å². The summed E-state index contributed by atoms with van der Waals surface area (Å²) in [6.07, 6.45) is 4.40. The highest BCUT2D eigenvalue weighted by molar-refractivity contribution is 7.89. The number of nitrogens with zero attached hydrogens (tertiary/aromatic N) is 1. The van der Waals surface area contributed by atoms with E-state index < -0.39 is 10.0 Å². The number of nitrogens with one attached hydrogen (secondary N) is 2. The van der Waals surface area contributed by atoms with E-state index in [2.05, 4.69) is 17.6 Å². The standard InChI is InChI=1S/C24H31N3O4S/c1-3-4-5-19-6-8-20(9-7-19)24(29)26-22-14-16-27(17-15-22)32(30,31)23-12-10-21(11-13-23)25-18(2)28/h6-13,22H,3-5,14-17H2,1-2H3,(H,25,28)(H,26,29). The number of anilines is 1. The van der Waals surface area contributed by atoms with E-state index in [1.54, 1.807) is 12.1 Å². The maximum Gasteiger partial charge on any atom is 0.251 e. The lowest BCUT2D eigenvalue weighted by Crippen LogP contribution is -2.46. The summed E-state index contributed by atoms with van der Waals surface area (Å²) in [5.41, 5.74) is 2.41. The number of aryl methyl sites for hydroxylation is 1. The van der Waals surface area contributed by atoms with Gasteiger partial charge in [-0.15, -0.1) is 0 Å². The summed E-state index contributed by atoms with van der Waals surface area (Å²) in [5, 5.41) is 5.66. The summed E-state index contributed by atoms with van der Waals surface area (Å²) in [6, 6.07) is 13.8. The number of benzene rings is 2. The number of hydrogen-bond acceptors (Lipinski definition) is 4. The van der Waals surface area contributed by atoms with Gasteiger partial charge in [-0.05, 0) is 67.6 Å². The van der Waals surface area contributed by atoms with Gasteiger partial charge >= 0.3 is 0 Å². The van der Waals surface area contributed by atoms with E-state index in [1.165, 1.54) is 28.9 Å². The van der Waals surface area contributed by atoms with E-state index in [9.17, 15) is 18.0 Å². The van der Waals surface area contributed by atoms with Crippen molar-refractivity contribution in [2.24, 2.45) is 0 Å². The third-order valence-electron chi connectivity index (χ3n) is 5.64. The highest BCUT2D eigenvalue weighted by atomic mass is 32.2. The summed E-state index contributed by atoms with van der Waals surface area (Å²) in [6.45, 7) is 4.24. The van der Waals surface area contributed by atoms with Crippen LogP contribution >= 0.6 is 0 Å². The highest BCUT2D eigenvalue weighted by Gasteiger charge is 2.30. The topological polar surface area (TPSA) is 95.6 Å². The molecular weight excluding hydrogens is 426 g/mol. The predicted molar refractivity (Wildman–Crippen MR) is 125 cm³/mol. The first-order valence-electron chi connectivity index (χ1n) is 11.1. The van der Waals surface area contributed by atoms with Crippen molar-refractivity contribution >= 4 is 27.5 Å². The maximum atomic E-state index is 12.9.